The van der Waals surface area contributed by atoms with Gasteiger partial charge in [-0.15, -0.1) is 12.4 Å². The van der Waals surface area contributed by atoms with Crippen molar-refractivity contribution in [1.29, 1.82) is 0 Å². The molecule has 3 fully saturated rings. The van der Waals surface area contributed by atoms with Gasteiger partial charge in [-0.05, 0) is 25.7 Å². The maximum absolute atomic E-state index is 12.3. The first-order valence-corrected chi connectivity index (χ1v) is 7.96. The highest BCUT2D eigenvalue weighted by atomic mass is 35.5. The summed E-state index contributed by atoms with van der Waals surface area (Å²) in [6.45, 7) is 1.17. The summed E-state index contributed by atoms with van der Waals surface area (Å²) in [5.41, 5.74) is 5.83. The van der Waals surface area contributed by atoms with Gasteiger partial charge < -0.3 is 10.6 Å². The number of hydrogen-bond donors (Lipinski definition) is 1. The summed E-state index contributed by atoms with van der Waals surface area (Å²) in [5.74, 6) is -0.733. The van der Waals surface area contributed by atoms with Gasteiger partial charge in [0.1, 0.15) is 6.54 Å². The maximum Gasteiger partial charge on any atom is 0.242 e. The van der Waals surface area contributed by atoms with Crippen LogP contribution in [0.25, 0.3) is 0 Å². The molecule has 0 aromatic carbocycles. The number of nitrogens with two attached hydrogens (primary N) is 1. The SMILES string of the molecule is Cl.NC1CCN(C(=O)CN2C(=O)C3CCCCC3C2=O)CC1. The van der Waals surface area contributed by atoms with Crippen molar-refractivity contribution in [2.45, 2.75) is 44.6 Å². The fourth-order valence-corrected chi connectivity index (χ4v) is 3.77. The van der Waals surface area contributed by atoms with E-state index in [1.54, 1.807) is 4.90 Å². The predicted molar refractivity (Wildman–Crippen MR) is 83.2 cm³/mol. The van der Waals surface area contributed by atoms with E-state index < -0.39 is 0 Å². The molecule has 2 N–H and O–H groups in total. The van der Waals surface area contributed by atoms with Crippen LogP contribution < -0.4 is 5.73 Å². The standard InChI is InChI=1S/C15H23N3O3.ClH/c16-10-5-7-17(8-6-10)13(19)9-18-14(20)11-3-1-2-4-12(11)15(18)21;/h10-12H,1-9,16H2;1H. The molecule has 6 nitrogen and oxygen atoms in total. The van der Waals surface area contributed by atoms with Crippen molar-refractivity contribution in [3.8, 4) is 0 Å². The number of imide groups is 1. The number of hydrogen-bond acceptors (Lipinski definition) is 4. The van der Waals surface area contributed by atoms with Gasteiger partial charge in [0.15, 0.2) is 0 Å². The molecule has 3 rings (SSSR count). The van der Waals surface area contributed by atoms with Gasteiger partial charge >= 0.3 is 0 Å². The first-order chi connectivity index (χ1) is 10.1. The molecule has 22 heavy (non-hydrogen) atoms. The number of likely N-dealkylation sites (tertiary alicyclic amines) is 2. The lowest BCUT2D eigenvalue weighted by atomic mass is 9.81. The zero-order valence-corrected chi connectivity index (χ0v) is 13.5. The van der Waals surface area contributed by atoms with Crippen molar-refractivity contribution in [2.24, 2.45) is 17.6 Å². The molecular weight excluding hydrogens is 306 g/mol. The smallest absolute Gasteiger partial charge is 0.242 e. The molecule has 3 aliphatic rings. The van der Waals surface area contributed by atoms with E-state index >= 15 is 0 Å². The van der Waals surface area contributed by atoms with Crippen molar-refractivity contribution < 1.29 is 14.4 Å². The summed E-state index contributed by atoms with van der Waals surface area (Å²) in [5, 5.41) is 0. The van der Waals surface area contributed by atoms with Crippen LogP contribution in [0.2, 0.25) is 0 Å². The third-order valence-corrected chi connectivity index (χ3v) is 5.12. The summed E-state index contributed by atoms with van der Waals surface area (Å²) < 4.78 is 0. The Bertz CT molecular complexity index is 439. The van der Waals surface area contributed by atoms with Crippen LogP contribution in [0.4, 0.5) is 0 Å². The van der Waals surface area contributed by atoms with Gasteiger partial charge in [-0.3, -0.25) is 19.3 Å². The van der Waals surface area contributed by atoms with Crippen molar-refractivity contribution in [3.63, 3.8) is 0 Å². The normalized spacial score (nSPS) is 29.3. The average molecular weight is 330 g/mol. The zero-order valence-electron chi connectivity index (χ0n) is 12.7. The van der Waals surface area contributed by atoms with Crippen molar-refractivity contribution in [3.05, 3.63) is 0 Å². The second-order valence-electron chi connectivity index (χ2n) is 6.48. The Morgan fingerprint density at radius 2 is 1.50 bits per heavy atom. The van der Waals surface area contributed by atoms with Crippen molar-refractivity contribution in [1.82, 2.24) is 9.80 Å². The molecule has 124 valence electrons. The van der Waals surface area contributed by atoms with Crippen LogP contribution in [-0.2, 0) is 14.4 Å². The molecule has 2 atom stereocenters. The Hall–Kier alpha value is -1.14. The Balaban J connectivity index is 0.00000176. The minimum absolute atomic E-state index is 0. The molecule has 2 heterocycles. The molecule has 0 spiro atoms. The summed E-state index contributed by atoms with van der Waals surface area (Å²) in [4.78, 5) is 39.9. The lowest BCUT2D eigenvalue weighted by molar-refractivity contribution is -0.147. The second kappa shape index (κ2) is 6.96. The fourth-order valence-electron chi connectivity index (χ4n) is 3.77. The topological polar surface area (TPSA) is 83.7 Å². The van der Waals surface area contributed by atoms with Crippen LogP contribution in [0.1, 0.15) is 38.5 Å². The van der Waals surface area contributed by atoms with E-state index in [0.29, 0.717) is 13.1 Å². The van der Waals surface area contributed by atoms with Gasteiger partial charge in [0.25, 0.3) is 0 Å². The lowest BCUT2D eigenvalue weighted by Crippen LogP contribution is -2.48. The highest BCUT2D eigenvalue weighted by Gasteiger charge is 2.48. The average Bonchev–Trinajstić information content (AvgIpc) is 2.73. The molecule has 0 bridgehead atoms. The molecular formula is C15H24ClN3O3. The molecule has 2 saturated heterocycles. The minimum atomic E-state index is -0.172. The summed E-state index contributed by atoms with van der Waals surface area (Å²) in [6.07, 6.45) is 5.17. The maximum atomic E-state index is 12.3. The van der Waals surface area contributed by atoms with Gasteiger partial charge in [0.05, 0.1) is 11.8 Å². The highest BCUT2D eigenvalue weighted by Crippen LogP contribution is 2.37. The van der Waals surface area contributed by atoms with E-state index in [9.17, 15) is 14.4 Å². The van der Waals surface area contributed by atoms with Crippen molar-refractivity contribution in [2.75, 3.05) is 19.6 Å². The van der Waals surface area contributed by atoms with E-state index in [2.05, 4.69) is 0 Å². The number of fused-ring (bicyclic) bond motifs is 1. The molecule has 1 saturated carbocycles. The van der Waals surface area contributed by atoms with Crippen LogP contribution in [0.5, 0.6) is 0 Å². The van der Waals surface area contributed by atoms with Crippen LogP contribution in [0, 0.1) is 11.8 Å². The van der Waals surface area contributed by atoms with Crippen LogP contribution >= 0.6 is 12.4 Å². The molecule has 0 aromatic rings. The highest BCUT2D eigenvalue weighted by molar-refractivity contribution is 6.07. The number of rotatable bonds is 2. The largest absolute Gasteiger partial charge is 0.341 e. The van der Waals surface area contributed by atoms with Gasteiger partial charge in [-0.25, -0.2) is 0 Å². The number of carbonyl (C=O) groups excluding carboxylic acids is 3. The Morgan fingerprint density at radius 1 is 1.00 bits per heavy atom. The Morgan fingerprint density at radius 3 is 2.00 bits per heavy atom. The molecule has 2 aliphatic heterocycles. The van der Waals surface area contributed by atoms with Gasteiger partial charge in [0, 0.05) is 19.1 Å². The van der Waals surface area contributed by atoms with E-state index in [1.165, 1.54) is 4.90 Å². The first kappa shape index (κ1) is 17.2. The van der Waals surface area contributed by atoms with Gasteiger partial charge in [0.2, 0.25) is 17.7 Å². The van der Waals surface area contributed by atoms with Gasteiger partial charge in [-0.2, -0.15) is 0 Å². The molecule has 0 radical (unpaired) electrons. The van der Waals surface area contributed by atoms with E-state index in [0.717, 1.165) is 38.5 Å². The number of carbonyl (C=O) groups is 3. The third-order valence-electron chi connectivity index (χ3n) is 5.12. The molecule has 0 aromatic heterocycles. The van der Waals surface area contributed by atoms with Crippen LogP contribution in [0.3, 0.4) is 0 Å². The summed E-state index contributed by atoms with van der Waals surface area (Å²) >= 11 is 0. The van der Waals surface area contributed by atoms with E-state index in [4.69, 9.17) is 5.73 Å². The summed E-state index contributed by atoms with van der Waals surface area (Å²) in [6, 6.07) is 0.159. The minimum Gasteiger partial charge on any atom is -0.341 e. The lowest BCUT2D eigenvalue weighted by Gasteiger charge is -2.31. The second-order valence-corrected chi connectivity index (χ2v) is 6.48. The number of amides is 3. The number of halogens is 1. The molecule has 2 unspecified atom stereocenters. The van der Waals surface area contributed by atoms with Crippen molar-refractivity contribution >= 4 is 30.1 Å². The quantitative estimate of drug-likeness (QED) is 0.749. The first-order valence-electron chi connectivity index (χ1n) is 7.96. The van der Waals surface area contributed by atoms with E-state index in [-0.39, 0.29) is 54.6 Å². The number of piperidine rings is 1. The van der Waals surface area contributed by atoms with Crippen LogP contribution in [-0.4, -0.2) is 53.2 Å². The monoisotopic (exact) mass is 329 g/mol. The fraction of sp³-hybridized carbons (Fsp3) is 0.800. The third kappa shape index (κ3) is 3.13. The Labute approximate surface area is 136 Å². The number of nitrogens with zero attached hydrogens (tertiary/aromatic N) is 2. The van der Waals surface area contributed by atoms with Crippen LogP contribution in [0.15, 0.2) is 0 Å². The zero-order chi connectivity index (χ0) is 15.0. The van der Waals surface area contributed by atoms with Gasteiger partial charge in [-0.1, -0.05) is 12.8 Å². The Kier molecular flexibility index (Phi) is 5.45. The molecule has 3 amide bonds. The molecule has 7 heteroatoms. The summed E-state index contributed by atoms with van der Waals surface area (Å²) in [7, 11) is 0. The predicted octanol–water partition coefficient (Wildman–Crippen LogP) is 0.533. The molecule has 1 aliphatic carbocycles. The van der Waals surface area contributed by atoms with E-state index in [1.807, 2.05) is 0 Å².